The fourth-order valence-corrected chi connectivity index (χ4v) is 1.84. The monoisotopic (exact) mass is 227 g/mol. The summed E-state index contributed by atoms with van der Waals surface area (Å²) in [6, 6.07) is 0. The number of hydrogen-bond donors (Lipinski definition) is 1. The Balaban J connectivity index is 1.95. The van der Waals surface area contributed by atoms with E-state index in [1.54, 1.807) is 0 Å². The SMILES string of the molecule is C=CCCOCCNCC1(C)CCOCC1. The summed E-state index contributed by atoms with van der Waals surface area (Å²) < 4.78 is 10.8. The highest BCUT2D eigenvalue weighted by molar-refractivity contribution is 4.79. The molecular formula is C13H25NO2. The normalized spacial score (nSPS) is 19.6. The Morgan fingerprint density at radius 2 is 2.12 bits per heavy atom. The highest BCUT2D eigenvalue weighted by Gasteiger charge is 2.26. The molecule has 0 unspecified atom stereocenters. The van der Waals surface area contributed by atoms with Gasteiger partial charge in [-0.05, 0) is 24.7 Å². The first kappa shape index (κ1) is 13.7. The van der Waals surface area contributed by atoms with Crippen LogP contribution in [0.4, 0.5) is 0 Å². The van der Waals surface area contributed by atoms with E-state index in [9.17, 15) is 0 Å². The summed E-state index contributed by atoms with van der Waals surface area (Å²) in [7, 11) is 0. The highest BCUT2D eigenvalue weighted by atomic mass is 16.5. The average molecular weight is 227 g/mol. The Morgan fingerprint density at radius 3 is 2.81 bits per heavy atom. The standard InChI is InChI=1S/C13H25NO2/c1-3-4-8-15-11-7-14-12-13(2)5-9-16-10-6-13/h3,14H,1,4-12H2,2H3. The molecule has 0 atom stereocenters. The summed E-state index contributed by atoms with van der Waals surface area (Å²) in [5.41, 5.74) is 0.416. The summed E-state index contributed by atoms with van der Waals surface area (Å²) in [6.07, 6.45) is 5.15. The zero-order chi connectivity index (χ0) is 11.7. The van der Waals surface area contributed by atoms with E-state index in [4.69, 9.17) is 9.47 Å². The lowest BCUT2D eigenvalue weighted by Crippen LogP contribution is -2.37. The molecule has 94 valence electrons. The van der Waals surface area contributed by atoms with Crippen molar-refractivity contribution < 1.29 is 9.47 Å². The van der Waals surface area contributed by atoms with Gasteiger partial charge in [-0.3, -0.25) is 0 Å². The third-order valence-corrected chi connectivity index (χ3v) is 3.14. The van der Waals surface area contributed by atoms with Crippen LogP contribution in [-0.2, 0) is 9.47 Å². The fourth-order valence-electron chi connectivity index (χ4n) is 1.84. The van der Waals surface area contributed by atoms with Gasteiger partial charge in [-0.15, -0.1) is 6.58 Å². The molecule has 0 aromatic rings. The Labute approximate surface area is 99.2 Å². The Hall–Kier alpha value is -0.380. The van der Waals surface area contributed by atoms with Crippen LogP contribution in [0.1, 0.15) is 26.2 Å². The van der Waals surface area contributed by atoms with Gasteiger partial charge in [-0.1, -0.05) is 13.0 Å². The van der Waals surface area contributed by atoms with Crippen LogP contribution in [0.5, 0.6) is 0 Å². The van der Waals surface area contributed by atoms with Gasteiger partial charge in [0.2, 0.25) is 0 Å². The lowest BCUT2D eigenvalue weighted by molar-refractivity contribution is 0.0231. The second-order valence-corrected chi connectivity index (χ2v) is 4.79. The molecular weight excluding hydrogens is 202 g/mol. The average Bonchev–Trinajstić information content (AvgIpc) is 2.29. The van der Waals surface area contributed by atoms with Crippen LogP contribution in [0.25, 0.3) is 0 Å². The van der Waals surface area contributed by atoms with Crippen molar-refractivity contribution in [1.82, 2.24) is 5.32 Å². The first-order valence-corrected chi connectivity index (χ1v) is 6.24. The zero-order valence-electron chi connectivity index (χ0n) is 10.5. The molecule has 1 rings (SSSR count). The quantitative estimate of drug-likeness (QED) is 0.508. The predicted octanol–water partition coefficient (Wildman–Crippen LogP) is 1.99. The maximum atomic E-state index is 5.44. The first-order valence-electron chi connectivity index (χ1n) is 6.24. The van der Waals surface area contributed by atoms with Gasteiger partial charge in [0, 0.05) is 26.3 Å². The van der Waals surface area contributed by atoms with Crippen LogP contribution in [0, 0.1) is 5.41 Å². The van der Waals surface area contributed by atoms with E-state index in [1.165, 1.54) is 0 Å². The molecule has 0 saturated carbocycles. The zero-order valence-corrected chi connectivity index (χ0v) is 10.5. The summed E-state index contributed by atoms with van der Waals surface area (Å²) in [6.45, 7) is 11.4. The van der Waals surface area contributed by atoms with Crippen molar-refractivity contribution in [3.05, 3.63) is 12.7 Å². The van der Waals surface area contributed by atoms with E-state index >= 15 is 0 Å². The minimum Gasteiger partial charge on any atom is -0.381 e. The van der Waals surface area contributed by atoms with Crippen molar-refractivity contribution in [2.75, 3.05) is 39.5 Å². The fraction of sp³-hybridized carbons (Fsp3) is 0.846. The molecule has 1 aliphatic rings. The second kappa shape index (κ2) is 7.82. The Bertz CT molecular complexity index is 188. The lowest BCUT2D eigenvalue weighted by Gasteiger charge is -2.33. The van der Waals surface area contributed by atoms with Crippen LogP contribution < -0.4 is 5.32 Å². The van der Waals surface area contributed by atoms with Gasteiger partial charge in [-0.25, -0.2) is 0 Å². The van der Waals surface area contributed by atoms with Gasteiger partial charge in [0.25, 0.3) is 0 Å². The van der Waals surface area contributed by atoms with Crippen LogP contribution in [0.15, 0.2) is 12.7 Å². The highest BCUT2D eigenvalue weighted by Crippen LogP contribution is 2.28. The second-order valence-electron chi connectivity index (χ2n) is 4.79. The molecule has 0 bridgehead atoms. The summed E-state index contributed by atoms with van der Waals surface area (Å²) in [5, 5.41) is 3.47. The van der Waals surface area contributed by atoms with Gasteiger partial charge >= 0.3 is 0 Å². The summed E-state index contributed by atoms with van der Waals surface area (Å²) in [4.78, 5) is 0. The molecule has 3 nitrogen and oxygen atoms in total. The largest absolute Gasteiger partial charge is 0.381 e. The van der Waals surface area contributed by atoms with Crippen LogP contribution in [0.2, 0.25) is 0 Å². The third-order valence-electron chi connectivity index (χ3n) is 3.14. The van der Waals surface area contributed by atoms with Gasteiger partial charge in [-0.2, -0.15) is 0 Å². The topological polar surface area (TPSA) is 30.5 Å². The van der Waals surface area contributed by atoms with Crippen molar-refractivity contribution in [2.24, 2.45) is 5.41 Å². The summed E-state index contributed by atoms with van der Waals surface area (Å²) >= 11 is 0. The Morgan fingerprint density at radius 1 is 1.38 bits per heavy atom. The maximum absolute atomic E-state index is 5.44. The Kier molecular flexibility index (Phi) is 6.69. The van der Waals surface area contributed by atoms with Gasteiger partial charge in [0.05, 0.1) is 13.2 Å². The van der Waals surface area contributed by atoms with E-state index in [0.29, 0.717) is 5.41 Å². The van der Waals surface area contributed by atoms with E-state index in [2.05, 4.69) is 18.8 Å². The first-order chi connectivity index (χ1) is 7.77. The smallest absolute Gasteiger partial charge is 0.0591 e. The molecule has 0 aromatic carbocycles. The van der Waals surface area contributed by atoms with E-state index < -0.39 is 0 Å². The van der Waals surface area contributed by atoms with Crippen LogP contribution in [0.3, 0.4) is 0 Å². The lowest BCUT2D eigenvalue weighted by atomic mass is 9.82. The predicted molar refractivity (Wildman–Crippen MR) is 66.7 cm³/mol. The molecule has 1 heterocycles. The molecule has 1 saturated heterocycles. The minimum absolute atomic E-state index is 0.416. The molecule has 0 aromatic heterocycles. The summed E-state index contributed by atoms with van der Waals surface area (Å²) in [5.74, 6) is 0. The van der Waals surface area contributed by atoms with E-state index in [0.717, 1.165) is 58.8 Å². The van der Waals surface area contributed by atoms with Crippen molar-refractivity contribution in [1.29, 1.82) is 0 Å². The van der Waals surface area contributed by atoms with Crippen molar-refractivity contribution >= 4 is 0 Å². The van der Waals surface area contributed by atoms with Crippen LogP contribution in [-0.4, -0.2) is 39.5 Å². The van der Waals surface area contributed by atoms with Crippen LogP contribution >= 0.6 is 0 Å². The van der Waals surface area contributed by atoms with Crippen molar-refractivity contribution in [3.63, 3.8) is 0 Å². The number of rotatable bonds is 8. The molecule has 1 aliphatic heterocycles. The number of ether oxygens (including phenoxy) is 2. The molecule has 3 heteroatoms. The number of hydrogen-bond acceptors (Lipinski definition) is 3. The van der Waals surface area contributed by atoms with Gasteiger partial charge in [0.1, 0.15) is 0 Å². The molecule has 0 spiro atoms. The number of nitrogens with one attached hydrogen (secondary N) is 1. The third kappa shape index (κ3) is 5.64. The van der Waals surface area contributed by atoms with E-state index in [-0.39, 0.29) is 0 Å². The molecule has 1 N–H and O–H groups in total. The molecule has 0 radical (unpaired) electrons. The molecule has 0 aliphatic carbocycles. The van der Waals surface area contributed by atoms with Gasteiger partial charge in [0.15, 0.2) is 0 Å². The van der Waals surface area contributed by atoms with E-state index in [1.807, 2.05) is 6.08 Å². The molecule has 1 fully saturated rings. The maximum Gasteiger partial charge on any atom is 0.0591 e. The molecule has 16 heavy (non-hydrogen) atoms. The van der Waals surface area contributed by atoms with Gasteiger partial charge < -0.3 is 14.8 Å². The molecule has 0 amide bonds. The minimum atomic E-state index is 0.416. The van der Waals surface area contributed by atoms with Crippen molar-refractivity contribution in [2.45, 2.75) is 26.2 Å². The van der Waals surface area contributed by atoms with Crippen molar-refractivity contribution in [3.8, 4) is 0 Å².